The van der Waals surface area contributed by atoms with Crippen LogP contribution in [0.15, 0.2) is 28.5 Å². The highest BCUT2D eigenvalue weighted by molar-refractivity contribution is 7.95. The standard InChI is InChI=1S/C12H12O5S/c1-7(12(13)14)8-6-18(15,16)10-5-3-4-9(17-2)11(8)10/h3-7H,1-2H3,(H,13,14). The Morgan fingerprint density at radius 2 is 2.06 bits per heavy atom. The summed E-state index contributed by atoms with van der Waals surface area (Å²) in [5, 5.41) is 10.0. The van der Waals surface area contributed by atoms with Gasteiger partial charge in [-0.15, -0.1) is 0 Å². The molecule has 1 aromatic carbocycles. The van der Waals surface area contributed by atoms with Crippen LogP contribution in [0, 0.1) is 5.92 Å². The van der Waals surface area contributed by atoms with Crippen LogP contribution in [0.1, 0.15) is 12.5 Å². The number of rotatable bonds is 3. The largest absolute Gasteiger partial charge is 0.496 e. The van der Waals surface area contributed by atoms with E-state index < -0.39 is 21.7 Å². The Bertz CT molecular complexity index is 642. The van der Waals surface area contributed by atoms with Gasteiger partial charge in [0.25, 0.3) is 0 Å². The first-order chi connectivity index (χ1) is 8.38. The molecule has 96 valence electrons. The zero-order valence-electron chi connectivity index (χ0n) is 9.88. The van der Waals surface area contributed by atoms with Crippen molar-refractivity contribution in [1.82, 2.24) is 0 Å². The summed E-state index contributed by atoms with van der Waals surface area (Å²) in [5.74, 6) is -1.61. The number of carbonyl (C=O) groups is 1. The van der Waals surface area contributed by atoms with Gasteiger partial charge in [-0.25, -0.2) is 8.42 Å². The highest BCUT2D eigenvalue weighted by Crippen LogP contribution is 2.42. The van der Waals surface area contributed by atoms with Crippen molar-refractivity contribution in [2.24, 2.45) is 5.92 Å². The number of hydrogen-bond acceptors (Lipinski definition) is 4. The molecule has 1 heterocycles. The van der Waals surface area contributed by atoms with Crippen LogP contribution in [0.3, 0.4) is 0 Å². The first-order valence-electron chi connectivity index (χ1n) is 5.25. The second kappa shape index (κ2) is 4.13. The van der Waals surface area contributed by atoms with Crippen LogP contribution in [0.4, 0.5) is 0 Å². The maximum Gasteiger partial charge on any atom is 0.310 e. The number of fused-ring (bicyclic) bond motifs is 1. The molecule has 1 aromatic rings. The van der Waals surface area contributed by atoms with Crippen molar-refractivity contribution in [3.05, 3.63) is 29.2 Å². The van der Waals surface area contributed by atoms with E-state index in [2.05, 4.69) is 0 Å². The number of benzene rings is 1. The van der Waals surface area contributed by atoms with Crippen LogP contribution in [-0.2, 0) is 14.6 Å². The predicted molar refractivity (Wildman–Crippen MR) is 65.0 cm³/mol. The van der Waals surface area contributed by atoms with Crippen LogP contribution < -0.4 is 4.74 Å². The van der Waals surface area contributed by atoms with Crippen molar-refractivity contribution in [1.29, 1.82) is 0 Å². The van der Waals surface area contributed by atoms with Gasteiger partial charge in [-0.1, -0.05) is 6.07 Å². The van der Waals surface area contributed by atoms with Gasteiger partial charge in [0.2, 0.25) is 9.84 Å². The SMILES string of the molecule is COc1cccc2c1C(C(C)C(=O)O)=CS2(=O)=O. The smallest absolute Gasteiger partial charge is 0.310 e. The van der Waals surface area contributed by atoms with E-state index in [1.54, 1.807) is 12.1 Å². The van der Waals surface area contributed by atoms with Crippen LogP contribution in [0.5, 0.6) is 5.75 Å². The maximum absolute atomic E-state index is 11.9. The zero-order chi connectivity index (χ0) is 13.5. The molecule has 1 N–H and O–H groups in total. The fraction of sp³-hybridized carbons (Fsp3) is 0.250. The minimum atomic E-state index is -3.57. The summed E-state index contributed by atoms with van der Waals surface area (Å²) in [6, 6.07) is 4.63. The molecule has 1 aliphatic heterocycles. The highest BCUT2D eigenvalue weighted by atomic mass is 32.2. The van der Waals surface area contributed by atoms with E-state index in [-0.39, 0.29) is 10.5 Å². The molecule has 0 saturated heterocycles. The number of aliphatic carboxylic acids is 1. The molecule has 0 bridgehead atoms. The third-order valence-electron chi connectivity index (χ3n) is 2.92. The van der Waals surface area contributed by atoms with Crippen LogP contribution >= 0.6 is 0 Å². The molecule has 2 rings (SSSR count). The number of methoxy groups -OCH3 is 1. The zero-order valence-corrected chi connectivity index (χ0v) is 10.7. The van der Waals surface area contributed by atoms with Crippen LogP contribution in [0.25, 0.3) is 5.57 Å². The third kappa shape index (κ3) is 1.78. The Balaban J connectivity index is 2.72. The van der Waals surface area contributed by atoms with Crippen LogP contribution in [-0.4, -0.2) is 26.6 Å². The van der Waals surface area contributed by atoms with E-state index in [9.17, 15) is 13.2 Å². The summed E-state index contributed by atoms with van der Waals surface area (Å²) in [6.45, 7) is 1.45. The van der Waals surface area contributed by atoms with Gasteiger partial charge in [-0.05, 0) is 24.6 Å². The first-order valence-corrected chi connectivity index (χ1v) is 6.80. The quantitative estimate of drug-likeness (QED) is 0.899. The molecule has 0 saturated carbocycles. The van der Waals surface area contributed by atoms with Crippen molar-refractivity contribution in [2.45, 2.75) is 11.8 Å². The second-order valence-electron chi connectivity index (χ2n) is 4.01. The van der Waals surface area contributed by atoms with Crippen molar-refractivity contribution < 1.29 is 23.1 Å². The minimum absolute atomic E-state index is 0.102. The predicted octanol–water partition coefficient (Wildman–Crippen LogP) is 1.54. The summed E-state index contributed by atoms with van der Waals surface area (Å²) in [6.07, 6.45) is 0. The summed E-state index contributed by atoms with van der Waals surface area (Å²) in [4.78, 5) is 11.1. The molecule has 0 aromatic heterocycles. The number of sulfone groups is 1. The van der Waals surface area contributed by atoms with E-state index in [1.807, 2.05) is 0 Å². The van der Waals surface area contributed by atoms with Crippen molar-refractivity contribution in [3.8, 4) is 5.75 Å². The lowest BCUT2D eigenvalue weighted by Crippen LogP contribution is -2.11. The van der Waals surface area contributed by atoms with Gasteiger partial charge in [-0.2, -0.15) is 0 Å². The lowest BCUT2D eigenvalue weighted by atomic mass is 9.95. The van der Waals surface area contributed by atoms with Gasteiger partial charge in [-0.3, -0.25) is 4.79 Å². The average Bonchev–Trinajstić information content (AvgIpc) is 2.60. The minimum Gasteiger partial charge on any atom is -0.496 e. The number of ether oxygens (including phenoxy) is 1. The van der Waals surface area contributed by atoms with E-state index in [0.717, 1.165) is 5.41 Å². The van der Waals surface area contributed by atoms with Crippen molar-refractivity contribution in [3.63, 3.8) is 0 Å². The molecule has 0 spiro atoms. The number of carboxylic acid groups (broad SMARTS) is 1. The Labute approximate surface area is 105 Å². The normalized spacial score (nSPS) is 17.8. The van der Waals surface area contributed by atoms with Crippen molar-refractivity contribution in [2.75, 3.05) is 7.11 Å². The highest BCUT2D eigenvalue weighted by Gasteiger charge is 2.34. The van der Waals surface area contributed by atoms with E-state index in [0.29, 0.717) is 11.3 Å². The molecule has 1 aliphatic rings. The summed E-state index contributed by atoms with van der Waals surface area (Å²) < 4.78 is 29.0. The van der Waals surface area contributed by atoms with Crippen molar-refractivity contribution >= 4 is 21.4 Å². The Morgan fingerprint density at radius 3 is 2.61 bits per heavy atom. The summed E-state index contributed by atoms with van der Waals surface area (Å²) in [5.41, 5.74) is 0.616. The third-order valence-corrected chi connectivity index (χ3v) is 4.44. The monoisotopic (exact) mass is 268 g/mol. The molecular formula is C12H12O5S. The summed E-state index contributed by atoms with van der Waals surface area (Å²) in [7, 11) is -2.15. The summed E-state index contributed by atoms with van der Waals surface area (Å²) >= 11 is 0. The molecule has 0 radical (unpaired) electrons. The van der Waals surface area contributed by atoms with Gasteiger partial charge >= 0.3 is 5.97 Å². The molecule has 0 fully saturated rings. The maximum atomic E-state index is 11.9. The molecular weight excluding hydrogens is 256 g/mol. The molecule has 5 nitrogen and oxygen atoms in total. The Hall–Kier alpha value is -1.82. The van der Waals surface area contributed by atoms with Gasteiger partial charge < -0.3 is 9.84 Å². The average molecular weight is 268 g/mol. The molecule has 6 heteroatoms. The van der Waals surface area contributed by atoms with E-state index >= 15 is 0 Å². The van der Waals surface area contributed by atoms with E-state index in [1.165, 1.54) is 20.1 Å². The Morgan fingerprint density at radius 1 is 1.39 bits per heavy atom. The lowest BCUT2D eigenvalue weighted by Gasteiger charge is -2.12. The van der Waals surface area contributed by atoms with Gasteiger partial charge in [0.05, 0.1) is 17.9 Å². The van der Waals surface area contributed by atoms with Gasteiger partial charge in [0.15, 0.2) is 0 Å². The fourth-order valence-electron chi connectivity index (χ4n) is 1.94. The second-order valence-corrected chi connectivity index (χ2v) is 5.78. The topological polar surface area (TPSA) is 80.7 Å². The van der Waals surface area contributed by atoms with E-state index in [4.69, 9.17) is 9.84 Å². The lowest BCUT2D eigenvalue weighted by molar-refractivity contribution is -0.139. The van der Waals surface area contributed by atoms with Gasteiger partial charge in [0, 0.05) is 11.0 Å². The molecule has 18 heavy (non-hydrogen) atoms. The molecule has 1 unspecified atom stereocenters. The number of carboxylic acids is 1. The van der Waals surface area contributed by atoms with Gasteiger partial charge in [0.1, 0.15) is 5.75 Å². The molecule has 0 aliphatic carbocycles. The molecule has 1 atom stereocenters. The van der Waals surface area contributed by atoms with Crippen LogP contribution in [0.2, 0.25) is 0 Å². The number of hydrogen-bond donors (Lipinski definition) is 1. The first kappa shape index (κ1) is 12.6. The Kier molecular flexibility index (Phi) is 2.90. The molecule has 0 amide bonds. The fourth-order valence-corrected chi connectivity index (χ4v) is 3.50.